The van der Waals surface area contributed by atoms with Crippen molar-refractivity contribution in [2.45, 2.75) is 13.3 Å². The second-order valence-corrected chi connectivity index (χ2v) is 3.14. The van der Waals surface area contributed by atoms with Crippen LogP contribution in [0.4, 0.5) is 8.78 Å². The minimum Gasteiger partial charge on any atom is -0.198 e. The van der Waals surface area contributed by atoms with E-state index in [9.17, 15) is 8.78 Å². The summed E-state index contributed by atoms with van der Waals surface area (Å²) in [5.41, 5.74) is 0.927. The number of hydrogen-bond acceptors (Lipinski definition) is 2. The highest BCUT2D eigenvalue weighted by Gasteiger charge is 1.97. The zero-order valence-electron chi connectivity index (χ0n) is 6.55. The summed E-state index contributed by atoms with van der Waals surface area (Å²) in [7, 11) is 0. The molecule has 1 nitrogen and oxygen atoms in total. The van der Waals surface area contributed by atoms with Crippen molar-refractivity contribution in [1.29, 1.82) is 0 Å². The van der Waals surface area contributed by atoms with E-state index in [1.165, 1.54) is 11.5 Å². The molecular weight excluding hydrogens is 180 g/mol. The number of allylic oxidation sites excluding steroid dienone is 1. The number of nitrogens with zero attached hydrogens (tertiary/aromatic N) is 1. The van der Waals surface area contributed by atoms with Gasteiger partial charge < -0.3 is 0 Å². The first-order valence-corrected chi connectivity index (χ1v) is 4.23. The van der Waals surface area contributed by atoms with Crippen LogP contribution in [0.25, 0.3) is 0 Å². The van der Waals surface area contributed by atoms with Gasteiger partial charge in [-0.2, -0.15) is 13.2 Å². The molecule has 1 aromatic heterocycles. The molecule has 0 aromatic carbocycles. The fourth-order valence-corrected chi connectivity index (χ4v) is 1.44. The monoisotopic (exact) mass is 188 g/mol. The van der Waals surface area contributed by atoms with Crippen LogP contribution in [0.5, 0.6) is 0 Å². The van der Waals surface area contributed by atoms with Crippen molar-refractivity contribution in [2.24, 2.45) is 0 Å². The summed E-state index contributed by atoms with van der Waals surface area (Å²) in [4.78, 5) is 0.935. The van der Waals surface area contributed by atoms with Gasteiger partial charge >= 0.3 is 0 Å². The topological polar surface area (TPSA) is 12.9 Å². The molecule has 0 bridgehead atoms. The first kappa shape index (κ1) is 9.32. The van der Waals surface area contributed by atoms with Crippen molar-refractivity contribution in [1.82, 2.24) is 4.37 Å². The predicted molar refractivity (Wildman–Crippen MR) is 45.2 cm³/mol. The number of hydrogen-bond donors (Lipinski definition) is 0. The molecule has 0 aliphatic rings. The van der Waals surface area contributed by atoms with Crippen LogP contribution in [0.2, 0.25) is 0 Å². The Morgan fingerprint density at radius 2 is 2.42 bits per heavy atom. The molecule has 1 rings (SSSR count). The van der Waals surface area contributed by atoms with Gasteiger partial charge in [-0.25, -0.2) is 0 Å². The molecule has 0 fully saturated rings. The third-order valence-electron chi connectivity index (χ3n) is 1.24. The zero-order valence-corrected chi connectivity index (χ0v) is 7.37. The lowest BCUT2D eigenvalue weighted by atomic mass is 10.2. The van der Waals surface area contributed by atoms with Crippen molar-refractivity contribution >= 4 is 11.5 Å². The molecule has 65 valence electrons. The summed E-state index contributed by atoms with van der Waals surface area (Å²) in [6.07, 6.45) is 1.25. The van der Waals surface area contributed by atoms with Crippen LogP contribution in [-0.4, -0.2) is 4.37 Å². The van der Waals surface area contributed by atoms with Gasteiger partial charge in [0.25, 0.3) is 6.08 Å². The number of aromatic nitrogens is 1. The molecule has 0 spiro atoms. The molecular formula is C8H8F2NS. The average molecular weight is 188 g/mol. The van der Waals surface area contributed by atoms with Gasteiger partial charge in [-0.3, -0.25) is 0 Å². The van der Waals surface area contributed by atoms with E-state index in [0.717, 1.165) is 16.6 Å². The molecule has 0 atom stereocenters. The van der Waals surface area contributed by atoms with Crippen molar-refractivity contribution in [3.05, 3.63) is 35.2 Å². The van der Waals surface area contributed by atoms with Crippen molar-refractivity contribution in [2.75, 3.05) is 0 Å². The fraction of sp³-hybridized carbons (Fsp3) is 0.250. The van der Waals surface area contributed by atoms with Gasteiger partial charge in [-0.05, 0) is 37.0 Å². The van der Waals surface area contributed by atoms with Crippen LogP contribution in [0, 0.1) is 13.3 Å². The first-order valence-electron chi connectivity index (χ1n) is 3.46. The zero-order chi connectivity index (χ0) is 8.97. The van der Waals surface area contributed by atoms with E-state index in [1.807, 2.05) is 13.0 Å². The van der Waals surface area contributed by atoms with Gasteiger partial charge in [0.15, 0.2) is 0 Å². The Bertz CT molecular complexity index is 276. The Hall–Kier alpha value is -0.770. The SMILES string of the molecule is Cc1cc([CH]CC=C(F)F)sn1. The maximum atomic E-state index is 11.6. The molecule has 1 radical (unpaired) electrons. The number of rotatable bonds is 3. The highest BCUT2D eigenvalue weighted by molar-refractivity contribution is 7.06. The third kappa shape index (κ3) is 3.09. The first-order chi connectivity index (χ1) is 5.68. The van der Waals surface area contributed by atoms with Crippen molar-refractivity contribution < 1.29 is 8.78 Å². The molecule has 0 aliphatic heterocycles. The summed E-state index contributed by atoms with van der Waals surface area (Å²) in [6.45, 7) is 1.87. The Morgan fingerprint density at radius 1 is 1.67 bits per heavy atom. The molecule has 0 N–H and O–H groups in total. The second-order valence-electron chi connectivity index (χ2n) is 2.30. The molecule has 0 unspecified atom stereocenters. The molecule has 4 heteroatoms. The van der Waals surface area contributed by atoms with Crippen LogP contribution in [-0.2, 0) is 0 Å². The number of halogens is 2. The summed E-state index contributed by atoms with van der Waals surface area (Å²) in [5.74, 6) is 0. The Balaban J connectivity index is 2.38. The Kier molecular flexibility index (Phi) is 3.34. The number of aryl methyl sites for hydroxylation is 1. The van der Waals surface area contributed by atoms with E-state index < -0.39 is 6.08 Å². The Morgan fingerprint density at radius 3 is 2.92 bits per heavy atom. The maximum Gasteiger partial charge on any atom is 0.266 e. The van der Waals surface area contributed by atoms with E-state index in [-0.39, 0.29) is 6.42 Å². The molecule has 0 saturated heterocycles. The predicted octanol–water partition coefficient (Wildman–Crippen LogP) is 3.17. The van der Waals surface area contributed by atoms with Crippen LogP contribution >= 0.6 is 11.5 Å². The van der Waals surface area contributed by atoms with Crippen LogP contribution in [0.3, 0.4) is 0 Å². The lowest BCUT2D eigenvalue weighted by Crippen LogP contribution is -1.72. The van der Waals surface area contributed by atoms with E-state index in [2.05, 4.69) is 4.37 Å². The molecule has 1 heterocycles. The summed E-state index contributed by atoms with van der Waals surface area (Å²) in [6, 6.07) is 1.87. The van der Waals surface area contributed by atoms with Crippen LogP contribution in [0.1, 0.15) is 17.0 Å². The third-order valence-corrected chi connectivity index (χ3v) is 2.11. The molecule has 1 aromatic rings. The highest BCUT2D eigenvalue weighted by atomic mass is 32.1. The summed E-state index contributed by atoms with van der Waals surface area (Å²) < 4.78 is 27.2. The summed E-state index contributed by atoms with van der Waals surface area (Å²) >= 11 is 1.32. The van der Waals surface area contributed by atoms with Gasteiger partial charge in [-0.1, -0.05) is 0 Å². The standard InChI is InChI=1S/C8H8F2NS/c1-6-5-7(12-11-6)3-2-4-8(9)10/h3-5H,2H2,1H3. The van der Waals surface area contributed by atoms with Gasteiger partial charge in [-0.15, -0.1) is 0 Å². The van der Waals surface area contributed by atoms with Crippen LogP contribution < -0.4 is 0 Å². The van der Waals surface area contributed by atoms with Gasteiger partial charge in [0.05, 0.1) is 5.69 Å². The van der Waals surface area contributed by atoms with Crippen molar-refractivity contribution in [3.8, 4) is 0 Å². The second kappa shape index (κ2) is 4.30. The maximum absolute atomic E-state index is 11.6. The summed E-state index contributed by atoms with van der Waals surface area (Å²) in [5, 5.41) is 0. The van der Waals surface area contributed by atoms with Gasteiger partial charge in [0, 0.05) is 11.3 Å². The van der Waals surface area contributed by atoms with Crippen LogP contribution in [0.15, 0.2) is 18.2 Å². The largest absolute Gasteiger partial charge is 0.266 e. The average Bonchev–Trinajstić information content (AvgIpc) is 2.35. The van der Waals surface area contributed by atoms with Gasteiger partial charge in [0.2, 0.25) is 0 Å². The fourth-order valence-electron chi connectivity index (χ4n) is 0.744. The minimum atomic E-state index is -1.63. The molecule has 0 aliphatic carbocycles. The molecule has 0 saturated carbocycles. The highest BCUT2D eigenvalue weighted by Crippen LogP contribution is 2.14. The Labute approximate surface area is 73.9 Å². The van der Waals surface area contributed by atoms with E-state index in [0.29, 0.717) is 0 Å². The lowest BCUT2D eigenvalue weighted by molar-refractivity contribution is 0.418. The normalized spacial score (nSPS) is 9.92. The van der Waals surface area contributed by atoms with E-state index in [1.54, 1.807) is 6.42 Å². The van der Waals surface area contributed by atoms with E-state index >= 15 is 0 Å². The quantitative estimate of drug-likeness (QED) is 0.710. The molecule has 12 heavy (non-hydrogen) atoms. The smallest absolute Gasteiger partial charge is 0.198 e. The minimum absolute atomic E-state index is 0.268. The van der Waals surface area contributed by atoms with Gasteiger partial charge in [0.1, 0.15) is 0 Å². The molecule has 0 amide bonds. The lowest BCUT2D eigenvalue weighted by Gasteiger charge is -1.87. The van der Waals surface area contributed by atoms with E-state index in [4.69, 9.17) is 0 Å². The van der Waals surface area contributed by atoms with Crippen molar-refractivity contribution in [3.63, 3.8) is 0 Å².